The molecule has 0 bridgehead atoms. The van der Waals surface area contributed by atoms with E-state index in [1.165, 1.54) is 0 Å². The number of amides is 1. The Kier molecular flexibility index (Phi) is 5.51. The van der Waals surface area contributed by atoms with E-state index in [-0.39, 0.29) is 0 Å². The van der Waals surface area contributed by atoms with Gasteiger partial charge in [0, 0.05) is 41.8 Å². The molecule has 8 heteroatoms. The number of thiophene rings is 1. The number of hydrogen-bond donors (Lipinski definition) is 0. The van der Waals surface area contributed by atoms with Gasteiger partial charge in [-0.2, -0.15) is 0 Å². The predicted octanol–water partition coefficient (Wildman–Crippen LogP) is 5.89. The third-order valence-electron chi connectivity index (χ3n) is 5.39. The molecule has 0 radical (unpaired) electrons. The Bertz CT molecular complexity index is 1360. The second kappa shape index (κ2) is 8.61. The quantitative estimate of drug-likeness (QED) is 0.283. The number of carbonyl (C=O) groups is 1. The molecule has 1 amide bonds. The third-order valence-corrected chi connectivity index (χ3v) is 6.52. The zero-order valence-corrected chi connectivity index (χ0v) is 18.8. The zero-order chi connectivity index (χ0) is 22.1. The van der Waals surface area contributed by atoms with Crippen LogP contribution < -0.4 is 4.90 Å². The van der Waals surface area contributed by atoms with E-state index in [1.54, 1.807) is 34.6 Å². The SMILES string of the molecule is Cn1c(-c2cccs2)cnc1[C@H](Cc1ccccn1)N(C=O)c1cc2cc(Cl)ccc2o1. The van der Waals surface area contributed by atoms with Gasteiger partial charge in [0.15, 0.2) is 0 Å². The van der Waals surface area contributed by atoms with Crippen molar-refractivity contribution in [2.24, 2.45) is 7.05 Å². The molecule has 0 unspecified atom stereocenters. The fraction of sp³-hybridized carbons (Fsp3) is 0.125. The molecule has 0 fully saturated rings. The number of hydrogen-bond acceptors (Lipinski definition) is 5. The number of pyridine rings is 1. The van der Waals surface area contributed by atoms with Crippen LogP contribution in [0.25, 0.3) is 21.5 Å². The number of furan rings is 1. The summed E-state index contributed by atoms with van der Waals surface area (Å²) in [5.74, 6) is 1.17. The van der Waals surface area contributed by atoms with Crippen LogP contribution in [-0.4, -0.2) is 20.9 Å². The lowest BCUT2D eigenvalue weighted by Gasteiger charge is -2.26. The minimum atomic E-state index is -0.419. The first-order valence-electron chi connectivity index (χ1n) is 10.0. The zero-order valence-electron chi connectivity index (χ0n) is 17.2. The van der Waals surface area contributed by atoms with E-state index in [9.17, 15) is 4.79 Å². The van der Waals surface area contributed by atoms with Crippen LogP contribution in [0.1, 0.15) is 17.6 Å². The summed E-state index contributed by atoms with van der Waals surface area (Å²) in [6, 6.07) is 16.6. The first-order chi connectivity index (χ1) is 15.6. The second-order valence-electron chi connectivity index (χ2n) is 7.36. The van der Waals surface area contributed by atoms with E-state index in [1.807, 2.05) is 59.6 Å². The molecule has 32 heavy (non-hydrogen) atoms. The van der Waals surface area contributed by atoms with Crippen LogP contribution in [0, 0.1) is 0 Å². The summed E-state index contributed by atoms with van der Waals surface area (Å²) in [6.45, 7) is 0. The van der Waals surface area contributed by atoms with Crippen molar-refractivity contribution in [1.29, 1.82) is 0 Å². The van der Waals surface area contributed by atoms with E-state index in [0.717, 1.165) is 33.9 Å². The summed E-state index contributed by atoms with van der Waals surface area (Å²) in [6.07, 6.45) is 4.85. The largest absolute Gasteiger partial charge is 0.440 e. The highest BCUT2D eigenvalue weighted by atomic mass is 35.5. The summed E-state index contributed by atoms with van der Waals surface area (Å²) < 4.78 is 8.04. The molecule has 5 aromatic rings. The van der Waals surface area contributed by atoms with Gasteiger partial charge in [0.2, 0.25) is 12.3 Å². The molecule has 0 aliphatic carbocycles. The number of rotatable bonds is 7. The van der Waals surface area contributed by atoms with E-state index in [0.29, 0.717) is 22.9 Å². The number of benzene rings is 1. The number of carbonyl (C=O) groups excluding carboxylic acids is 1. The summed E-state index contributed by atoms with van der Waals surface area (Å²) >= 11 is 7.78. The fourth-order valence-corrected chi connectivity index (χ4v) is 4.78. The summed E-state index contributed by atoms with van der Waals surface area (Å²) in [5, 5.41) is 3.47. The van der Waals surface area contributed by atoms with Gasteiger partial charge >= 0.3 is 0 Å². The minimum absolute atomic E-state index is 0.419. The lowest BCUT2D eigenvalue weighted by molar-refractivity contribution is -0.108. The smallest absolute Gasteiger partial charge is 0.217 e. The maximum Gasteiger partial charge on any atom is 0.217 e. The van der Waals surface area contributed by atoms with Crippen molar-refractivity contribution < 1.29 is 9.21 Å². The maximum absolute atomic E-state index is 12.4. The van der Waals surface area contributed by atoms with Gasteiger partial charge in [-0.15, -0.1) is 11.3 Å². The molecule has 0 spiro atoms. The standard InChI is InChI=1S/C24H19ClN4O2S/c1-28-20(22-6-4-10-32-22)14-27-24(28)19(13-18-5-2-3-9-26-18)29(15-30)23-12-16-11-17(25)7-8-21(16)31-23/h2-12,14-15,19H,13H2,1H3/t19-/m0/s1. The van der Waals surface area contributed by atoms with Crippen LogP contribution >= 0.6 is 22.9 Å². The average molecular weight is 463 g/mol. The molecular formula is C24H19ClN4O2S. The normalized spacial score (nSPS) is 12.2. The van der Waals surface area contributed by atoms with Crippen molar-refractivity contribution in [2.45, 2.75) is 12.5 Å². The topological polar surface area (TPSA) is 64.2 Å². The number of imidazole rings is 1. The molecule has 0 aliphatic rings. The molecule has 160 valence electrons. The molecule has 0 aliphatic heterocycles. The van der Waals surface area contributed by atoms with Gasteiger partial charge in [-0.3, -0.25) is 14.7 Å². The van der Waals surface area contributed by atoms with E-state index in [4.69, 9.17) is 21.0 Å². The average Bonchev–Trinajstić information content (AvgIpc) is 3.54. The molecule has 6 nitrogen and oxygen atoms in total. The van der Waals surface area contributed by atoms with Crippen molar-refractivity contribution in [3.63, 3.8) is 0 Å². The van der Waals surface area contributed by atoms with Crippen LogP contribution in [0.2, 0.25) is 5.02 Å². The van der Waals surface area contributed by atoms with Crippen molar-refractivity contribution in [3.8, 4) is 10.6 Å². The fourth-order valence-electron chi connectivity index (χ4n) is 3.82. The van der Waals surface area contributed by atoms with Crippen LogP contribution in [0.4, 0.5) is 5.88 Å². The van der Waals surface area contributed by atoms with Crippen LogP contribution in [-0.2, 0) is 18.3 Å². The number of fused-ring (bicyclic) bond motifs is 1. The van der Waals surface area contributed by atoms with Gasteiger partial charge in [-0.1, -0.05) is 23.7 Å². The minimum Gasteiger partial charge on any atom is -0.440 e. The van der Waals surface area contributed by atoms with Gasteiger partial charge in [-0.05, 0) is 41.8 Å². The summed E-state index contributed by atoms with van der Waals surface area (Å²) in [5.41, 5.74) is 2.50. The number of anilines is 1. The van der Waals surface area contributed by atoms with Crippen molar-refractivity contribution >= 4 is 46.2 Å². The van der Waals surface area contributed by atoms with Gasteiger partial charge < -0.3 is 8.98 Å². The summed E-state index contributed by atoms with van der Waals surface area (Å²) in [7, 11) is 1.96. The molecule has 5 rings (SSSR count). The number of aromatic nitrogens is 3. The summed E-state index contributed by atoms with van der Waals surface area (Å²) in [4.78, 5) is 24.2. The first-order valence-corrected chi connectivity index (χ1v) is 11.3. The molecule has 0 saturated heterocycles. The number of halogens is 1. The molecule has 1 atom stereocenters. The van der Waals surface area contributed by atoms with E-state index >= 15 is 0 Å². The predicted molar refractivity (Wildman–Crippen MR) is 127 cm³/mol. The van der Waals surface area contributed by atoms with Crippen molar-refractivity contribution in [2.75, 3.05) is 4.90 Å². The Morgan fingerprint density at radius 3 is 2.84 bits per heavy atom. The molecular weight excluding hydrogens is 444 g/mol. The van der Waals surface area contributed by atoms with Gasteiger partial charge in [0.1, 0.15) is 17.4 Å². The Labute approximate surface area is 193 Å². The Morgan fingerprint density at radius 1 is 1.19 bits per heavy atom. The molecule has 4 heterocycles. The highest BCUT2D eigenvalue weighted by Gasteiger charge is 2.29. The monoisotopic (exact) mass is 462 g/mol. The van der Waals surface area contributed by atoms with Crippen LogP contribution in [0.5, 0.6) is 0 Å². The maximum atomic E-state index is 12.4. The Hall–Kier alpha value is -3.42. The van der Waals surface area contributed by atoms with E-state index in [2.05, 4.69) is 11.1 Å². The third kappa shape index (κ3) is 3.81. The molecule has 0 saturated carbocycles. The van der Waals surface area contributed by atoms with Crippen LogP contribution in [0.3, 0.4) is 0 Å². The molecule has 4 aromatic heterocycles. The van der Waals surface area contributed by atoms with Gasteiger partial charge in [0.25, 0.3) is 0 Å². The lowest BCUT2D eigenvalue weighted by Crippen LogP contribution is -2.31. The first kappa shape index (κ1) is 20.5. The lowest BCUT2D eigenvalue weighted by atomic mass is 10.1. The number of nitrogens with zero attached hydrogens (tertiary/aromatic N) is 4. The van der Waals surface area contributed by atoms with Gasteiger partial charge in [0.05, 0.1) is 16.8 Å². The molecule has 0 N–H and O–H groups in total. The Balaban J connectivity index is 1.61. The van der Waals surface area contributed by atoms with Crippen molar-refractivity contribution in [1.82, 2.24) is 14.5 Å². The highest BCUT2D eigenvalue weighted by Crippen LogP contribution is 2.35. The van der Waals surface area contributed by atoms with E-state index < -0.39 is 6.04 Å². The second-order valence-corrected chi connectivity index (χ2v) is 8.74. The highest BCUT2D eigenvalue weighted by molar-refractivity contribution is 7.13. The van der Waals surface area contributed by atoms with Crippen molar-refractivity contribution in [3.05, 3.63) is 88.9 Å². The van der Waals surface area contributed by atoms with Crippen LogP contribution in [0.15, 0.2) is 76.8 Å². The van der Waals surface area contributed by atoms with Gasteiger partial charge in [-0.25, -0.2) is 4.98 Å². The molecule has 1 aromatic carbocycles. The Morgan fingerprint density at radius 2 is 2.09 bits per heavy atom.